The number of methoxy groups -OCH3 is 1. The standard InChI is InChI=1S/C12H26N2O2/c1-10(6-13-11-4-5-11)7-14(2)8-12(15)9-16-3/h10-13,15H,4-9H2,1-3H3. The molecular weight excluding hydrogens is 204 g/mol. The van der Waals surface area contributed by atoms with Crippen LogP contribution in [0.1, 0.15) is 19.8 Å². The van der Waals surface area contributed by atoms with Crippen molar-refractivity contribution >= 4 is 0 Å². The van der Waals surface area contributed by atoms with Crippen molar-refractivity contribution in [1.82, 2.24) is 10.2 Å². The van der Waals surface area contributed by atoms with Gasteiger partial charge < -0.3 is 20.1 Å². The normalized spacial score (nSPS) is 20.1. The van der Waals surface area contributed by atoms with Crippen LogP contribution in [-0.2, 0) is 4.74 Å². The van der Waals surface area contributed by atoms with Crippen molar-refractivity contribution in [3.05, 3.63) is 0 Å². The van der Waals surface area contributed by atoms with E-state index >= 15 is 0 Å². The number of aliphatic hydroxyl groups excluding tert-OH is 1. The maximum Gasteiger partial charge on any atom is 0.0899 e. The molecule has 4 nitrogen and oxygen atoms in total. The summed E-state index contributed by atoms with van der Waals surface area (Å²) in [4.78, 5) is 2.17. The highest BCUT2D eigenvalue weighted by atomic mass is 16.5. The van der Waals surface area contributed by atoms with Gasteiger partial charge in [-0.1, -0.05) is 6.92 Å². The Balaban J connectivity index is 2.03. The fourth-order valence-electron chi connectivity index (χ4n) is 1.93. The van der Waals surface area contributed by atoms with Crippen molar-refractivity contribution in [1.29, 1.82) is 0 Å². The molecule has 0 aromatic carbocycles. The van der Waals surface area contributed by atoms with Crippen LogP contribution in [0.25, 0.3) is 0 Å². The summed E-state index contributed by atoms with van der Waals surface area (Å²) in [6.07, 6.45) is 2.31. The second kappa shape index (κ2) is 7.22. The second-order valence-electron chi connectivity index (χ2n) is 5.12. The lowest BCUT2D eigenvalue weighted by molar-refractivity contribution is 0.0408. The van der Waals surface area contributed by atoms with Crippen molar-refractivity contribution in [2.45, 2.75) is 31.9 Å². The van der Waals surface area contributed by atoms with Crippen LogP contribution >= 0.6 is 0 Å². The molecule has 0 heterocycles. The summed E-state index contributed by atoms with van der Waals surface area (Å²) in [5, 5.41) is 13.1. The monoisotopic (exact) mass is 230 g/mol. The predicted molar refractivity (Wildman–Crippen MR) is 65.6 cm³/mol. The number of likely N-dealkylation sites (N-methyl/N-ethyl adjacent to an activating group) is 1. The molecule has 0 aromatic heterocycles. The highest BCUT2D eigenvalue weighted by molar-refractivity contribution is 4.81. The average Bonchev–Trinajstić information content (AvgIpc) is 2.97. The van der Waals surface area contributed by atoms with Gasteiger partial charge in [0.1, 0.15) is 0 Å². The van der Waals surface area contributed by atoms with E-state index in [9.17, 15) is 5.11 Å². The van der Waals surface area contributed by atoms with Gasteiger partial charge in [-0.15, -0.1) is 0 Å². The molecule has 0 aromatic rings. The summed E-state index contributed by atoms with van der Waals surface area (Å²) in [6.45, 7) is 5.44. The van der Waals surface area contributed by atoms with Crippen LogP contribution in [0.4, 0.5) is 0 Å². The van der Waals surface area contributed by atoms with E-state index < -0.39 is 0 Å². The largest absolute Gasteiger partial charge is 0.389 e. The lowest BCUT2D eigenvalue weighted by Crippen LogP contribution is -2.37. The molecule has 0 aliphatic heterocycles. The van der Waals surface area contributed by atoms with Crippen LogP contribution in [-0.4, -0.2) is 62.6 Å². The van der Waals surface area contributed by atoms with Gasteiger partial charge in [-0.3, -0.25) is 0 Å². The van der Waals surface area contributed by atoms with Gasteiger partial charge in [-0.25, -0.2) is 0 Å². The molecule has 1 saturated carbocycles. The molecule has 0 saturated heterocycles. The molecule has 1 aliphatic carbocycles. The van der Waals surface area contributed by atoms with Gasteiger partial charge in [-0.05, 0) is 32.4 Å². The third-order valence-corrected chi connectivity index (χ3v) is 2.84. The highest BCUT2D eigenvalue weighted by Gasteiger charge is 2.21. The first-order valence-electron chi connectivity index (χ1n) is 6.20. The molecule has 0 spiro atoms. The van der Waals surface area contributed by atoms with Gasteiger partial charge in [0.25, 0.3) is 0 Å². The summed E-state index contributed by atoms with van der Waals surface area (Å²) in [7, 11) is 3.66. The van der Waals surface area contributed by atoms with Crippen molar-refractivity contribution in [3.63, 3.8) is 0 Å². The third kappa shape index (κ3) is 6.43. The Morgan fingerprint density at radius 3 is 2.69 bits per heavy atom. The number of rotatable bonds is 9. The van der Waals surface area contributed by atoms with Gasteiger partial charge in [0.15, 0.2) is 0 Å². The Kier molecular flexibility index (Phi) is 6.28. The number of nitrogens with zero attached hydrogens (tertiary/aromatic N) is 1. The molecule has 1 fully saturated rings. The summed E-state index contributed by atoms with van der Waals surface area (Å²) >= 11 is 0. The van der Waals surface area contributed by atoms with Gasteiger partial charge in [0.2, 0.25) is 0 Å². The minimum absolute atomic E-state index is 0.376. The van der Waals surface area contributed by atoms with E-state index in [-0.39, 0.29) is 6.10 Å². The van der Waals surface area contributed by atoms with Crippen LogP contribution < -0.4 is 5.32 Å². The van der Waals surface area contributed by atoms with Crippen LogP contribution in [0.15, 0.2) is 0 Å². The Morgan fingerprint density at radius 2 is 2.12 bits per heavy atom. The molecule has 1 aliphatic rings. The molecule has 2 unspecified atom stereocenters. The Bertz CT molecular complexity index is 186. The lowest BCUT2D eigenvalue weighted by atomic mass is 10.1. The van der Waals surface area contributed by atoms with Gasteiger partial charge in [0, 0.05) is 26.2 Å². The second-order valence-corrected chi connectivity index (χ2v) is 5.12. The Hall–Kier alpha value is -0.160. The Labute approximate surface area is 99.0 Å². The molecule has 0 radical (unpaired) electrons. The molecular formula is C12H26N2O2. The van der Waals surface area contributed by atoms with E-state index in [0.29, 0.717) is 19.1 Å². The minimum Gasteiger partial charge on any atom is -0.389 e. The first-order chi connectivity index (χ1) is 7.61. The van der Waals surface area contributed by atoms with Crippen LogP contribution in [0, 0.1) is 5.92 Å². The first-order valence-corrected chi connectivity index (χ1v) is 6.20. The average molecular weight is 230 g/mol. The molecule has 1 rings (SSSR count). The lowest BCUT2D eigenvalue weighted by Gasteiger charge is -2.23. The first kappa shape index (κ1) is 13.9. The molecule has 2 atom stereocenters. The zero-order valence-corrected chi connectivity index (χ0v) is 10.8. The number of aliphatic hydroxyl groups is 1. The molecule has 0 amide bonds. The fraction of sp³-hybridized carbons (Fsp3) is 1.00. The van der Waals surface area contributed by atoms with E-state index in [1.165, 1.54) is 12.8 Å². The minimum atomic E-state index is -0.376. The number of hydrogen-bond acceptors (Lipinski definition) is 4. The van der Waals surface area contributed by atoms with Crippen LogP contribution in [0.2, 0.25) is 0 Å². The van der Waals surface area contributed by atoms with Crippen molar-refractivity contribution in [3.8, 4) is 0 Å². The van der Waals surface area contributed by atoms with E-state index in [4.69, 9.17) is 4.74 Å². The van der Waals surface area contributed by atoms with Crippen LogP contribution in [0.3, 0.4) is 0 Å². The van der Waals surface area contributed by atoms with Gasteiger partial charge >= 0.3 is 0 Å². The van der Waals surface area contributed by atoms with Gasteiger partial charge in [0.05, 0.1) is 12.7 Å². The fourth-order valence-corrected chi connectivity index (χ4v) is 1.93. The smallest absolute Gasteiger partial charge is 0.0899 e. The van der Waals surface area contributed by atoms with Crippen molar-refractivity contribution < 1.29 is 9.84 Å². The SMILES string of the molecule is COCC(O)CN(C)CC(C)CNC1CC1. The third-order valence-electron chi connectivity index (χ3n) is 2.84. The van der Waals surface area contributed by atoms with Crippen LogP contribution in [0.5, 0.6) is 0 Å². The topological polar surface area (TPSA) is 44.7 Å². The molecule has 0 bridgehead atoms. The highest BCUT2D eigenvalue weighted by Crippen LogP contribution is 2.18. The van der Waals surface area contributed by atoms with E-state index in [1.807, 2.05) is 7.05 Å². The number of hydrogen-bond donors (Lipinski definition) is 2. The summed E-state index contributed by atoms with van der Waals surface area (Å²) < 4.78 is 4.91. The summed E-state index contributed by atoms with van der Waals surface area (Å²) in [5.41, 5.74) is 0. The Morgan fingerprint density at radius 1 is 1.44 bits per heavy atom. The van der Waals surface area contributed by atoms with E-state index in [0.717, 1.165) is 19.1 Å². The summed E-state index contributed by atoms with van der Waals surface area (Å²) in [6, 6.07) is 0.784. The molecule has 96 valence electrons. The summed E-state index contributed by atoms with van der Waals surface area (Å²) in [5.74, 6) is 0.625. The van der Waals surface area contributed by atoms with Crippen molar-refractivity contribution in [2.75, 3.05) is 40.4 Å². The molecule has 2 N–H and O–H groups in total. The van der Waals surface area contributed by atoms with E-state index in [2.05, 4.69) is 17.1 Å². The maximum absolute atomic E-state index is 9.58. The van der Waals surface area contributed by atoms with Crippen molar-refractivity contribution in [2.24, 2.45) is 5.92 Å². The quantitative estimate of drug-likeness (QED) is 0.598. The zero-order chi connectivity index (χ0) is 12.0. The molecule has 4 heteroatoms. The number of ether oxygens (including phenoxy) is 1. The maximum atomic E-state index is 9.58. The van der Waals surface area contributed by atoms with E-state index in [1.54, 1.807) is 7.11 Å². The molecule has 16 heavy (non-hydrogen) atoms. The zero-order valence-electron chi connectivity index (χ0n) is 10.8. The van der Waals surface area contributed by atoms with Gasteiger partial charge in [-0.2, -0.15) is 0 Å². The number of nitrogens with one attached hydrogen (secondary N) is 1. The predicted octanol–water partition coefficient (Wildman–Crippen LogP) is 0.314.